The third kappa shape index (κ3) is 2.56. The van der Waals surface area contributed by atoms with E-state index in [4.69, 9.17) is 5.73 Å². The molecule has 0 saturated carbocycles. The molecule has 0 aliphatic carbocycles. The molecular weight excluding hydrogens is 234 g/mol. The highest BCUT2D eigenvalue weighted by molar-refractivity contribution is 5.67. The maximum atomic E-state index is 5.69. The van der Waals surface area contributed by atoms with Crippen molar-refractivity contribution in [1.82, 2.24) is 10.2 Å². The molecule has 0 spiro atoms. The number of hydrogen-bond acceptors (Lipinski definition) is 2. The monoisotopic (exact) mass is 257 g/mol. The molecule has 0 bridgehead atoms. The Hall–Kier alpha value is -1.61. The minimum absolute atomic E-state index is 0.173. The number of aromatic nitrogens is 2. The number of H-pyrrole nitrogens is 1. The van der Waals surface area contributed by atoms with Gasteiger partial charge in [0.15, 0.2) is 0 Å². The minimum atomic E-state index is 0.173. The largest absolute Gasteiger partial charge is 0.325 e. The highest BCUT2D eigenvalue weighted by Gasteiger charge is 2.17. The lowest BCUT2D eigenvalue weighted by molar-refractivity contribution is 0.590. The molecule has 3 nitrogen and oxygen atoms in total. The first kappa shape index (κ1) is 13.8. The van der Waals surface area contributed by atoms with Gasteiger partial charge in [0.1, 0.15) is 0 Å². The van der Waals surface area contributed by atoms with Crippen molar-refractivity contribution in [3.05, 3.63) is 40.6 Å². The van der Waals surface area contributed by atoms with E-state index in [1.807, 2.05) is 0 Å². The van der Waals surface area contributed by atoms with E-state index in [2.05, 4.69) is 63.0 Å². The summed E-state index contributed by atoms with van der Waals surface area (Å²) in [6, 6.07) is 6.61. The molecule has 1 heterocycles. The summed E-state index contributed by atoms with van der Waals surface area (Å²) in [6.45, 7) is 11.4. The van der Waals surface area contributed by atoms with Gasteiger partial charge in [0.05, 0.1) is 11.4 Å². The third-order valence-electron chi connectivity index (χ3n) is 3.66. The molecule has 2 rings (SSSR count). The molecule has 0 atom stereocenters. The molecule has 2 aromatic rings. The zero-order valence-electron chi connectivity index (χ0n) is 12.5. The van der Waals surface area contributed by atoms with Crippen LogP contribution in [-0.4, -0.2) is 10.2 Å². The normalized spacial score (nSPS) is 11.9. The average molecular weight is 257 g/mol. The summed E-state index contributed by atoms with van der Waals surface area (Å²) < 4.78 is 0. The fourth-order valence-electron chi connectivity index (χ4n) is 2.29. The molecule has 3 heteroatoms. The summed E-state index contributed by atoms with van der Waals surface area (Å²) in [5.74, 6) is 0. The van der Waals surface area contributed by atoms with E-state index in [9.17, 15) is 0 Å². The number of aromatic amines is 1. The van der Waals surface area contributed by atoms with Crippen LogP contribution in [0.4, 0.5) is 0 Å². The zero-order valence-corrected chi connectivity index (χ0v) is 12.5. The lowest BCUT2D eigenvalue weighted by atomic mass is 9.85. The molecule has 19 heavy (non-hydrogen) atoms. The van der Waals surface area contributed by atoms with Gasteiger partial charge in [-0.15, -0.1) is 0 Å². The Morgan fingerprint density at radius 3 is 2.37 bits per heavy atom. The molecule has 1 aromatic carbocycles. The Kier molecular flexibility index (Phi) is 3.50. The van der Waals surface area contributed by atoms with Crippen LogP contribution in [0.3, 0.4) is 0 Å². The summed E-state index contributed by atoms with van der Waals surface area (Å²) in [5, 5.41) is 7.42. The second-order valence-corrected chi connectivity index (χ2v) is 6.16. The number of nitrogens with zero attached hydrogens (tertiary/aromatic N) is 1. The summed E-state index contributed by atoms with van der Waals surface area (Å²) in [5.41, 5.74) is 12.8. The van der Waals surface area contributed by atoms with E-state index in [-0.39, 0.29) is 5.41 Å². The van der Waals surface area contributed by atoms with Gasteiger partial charge < -0.3 is 5.73 Å². The molecule has 0 unspecified atom stereocenters. The van der Waals surface area contributed by atoms with Gasteiger partial charge >= 0.3 is 0 Å². The van der Waals surface area contributed by atoms with E-state index in [0.717, 1.165) is 17.0 Å². The van der Waals surface area contributed by atoms with Crippen molar-refractivity contribution in [2.45, 2.75) is 46.6 Å². The summed E-state index contributed by atoms with van der Waals surface area (Å²) in [4.78, 5) is 0. The Balaban J connectivity index is 2.49. The fraction of sp³-hybridized carbons (Fsp3) is 0.438. The zero-order chi connectivity index (χ0) is 14.2. The molecule has 0 saturated heterocycles. The Morgan fingerprint density at radius 2 is 1.89 bits per heavy atom. The van der Waals surface area contributed by atoms with Gasteiger partial charge in [0.2, 0.25) is 0 Å². The van der Waals surface area contributed by atoms with Gasteiger partial charge in [-0.25, -0.2) is 0 Å². The van der Waals surface area contributed by atoms with Crippen LogP contribution >= 0.6 is 0 Å². The first-order valence-corrected chi connectivity index (χ1v) is 6.70. The van der Waals surface area contributed by atoms with Gasteiger partial charge in [0.25, 0.3) is 0 Å². The third-order valence-corrected chi connectivity index (χ3v) is 3.66. The van der Waals surface area contributed by atoms with Crippen LogP contribution in [0.2, 0.25) is 0 Å². The van der Waals surface area contributed by atoms with E-state index < -0.39 is 0 Å². The summed E-state index contributed by atoms with van der Waals surface area (Å²) in [6.07, 6.45) is 0. The molecule has 0 fully saturated rings. The van der Waals surface area contributed by atoms with Gasteiger partial charge in [-0.05, 0) is 36.0 Å². The quantitative estimate of drug-likeness (QED) is 0.865. The fourth-order valence-corrected chi connectivity index (χ4v) is 2.29. The summed E-state index contributed by atoms with van der Waals surface area (Å²) >= 11 is 0. The molecule has 0 radical (unpaired) electrons. The van der Waals surface area contributed by atoms with Crippen molar-refractivity contribution in [3.8, 4) is 11.3 Å². The van der Waals surface area contributed by atoms with Crippen molar-refractivity contribution in [2.24, 2.45) is 5.73 Å². The number of nitrogens with one attached hydrogen (secondary N) is 1. The smallest absolute Gasteiger partial charge is 0.0955 e. The van der Waals surface area contributed by atoms with Crippen molar-refractivity contribution >= 4 is 0 Å². The number of hydrogen-bond donors (Lipinski definition) is 2. The van der Waals surface area contributed by atoms with Gasteiger partial charge in [0, 0.05) is 12.1 Å². The number of nitrogens with two attached hydrogens (primary N) is 1. The topological polar surface area (TPSA) is 54.7 Å². The molecule has 3 N–H and O–H groups in total. The molecular formula is C16H23N3. The molecule has 0 aliphatic rings. The first-order chi connectivity index (χ1) is 8.84. The van der Waals surface area contributed by atoms with Gasteiger partial charge in [-0.3, -0.25) is 5.10 Å². The standard InChI is InChI=1S/C16H23N3/c1-10-8-12(16(3,4)5)6-7-13(10)15-11(2)14(9-17)18-19-15/h6-8H,9,17H2,1-5H3,(H,18,19). The number of benzene rings is 1. The number of rotatable bonds is 2. The minimum Gasteiger partial charge on any atom is -0.325 e. The second kappa shape index (κ2) is 4.82. The maximum absolute atomic E-state index is 5.69. The Labute approximate surface area is 115 Å². The van der Waals surface area contributed by atoms with Crippen molar-refractivity contribution < 1.29 is 0 Å². The lowest BCUT2D eigenvalue weighted by Crippen LogP contribution is -2.11. The van der Waals surface area contributed by atoms with E-state index in [1.165, 1.54) is 16.7 Å². The maximum Gasteiger partial charge on any atom is 0.0955 e. The summed E-state index contributed by atoms with van der Waals surface area (Å²) in [7, 11) is 0. The van der Waals surface area contributed by atoms with E-state index >= 15 is 0 Å². The Bertz CT molecular complexity index is 589. The van der Waals surface area contributed by atoms with Gasteiger partial charge in [-0.2, -0.15) is 5.10 Å². The molecule has 0 amide bonds. The average Bonchev–Trinajstić information content (AvgIpc) is 2.69. The van der Waals surface area contributed by atoms with Crippen LogP contribution in [0.15, 0.2) is 18.2 Å². The van der Waals surface area contributed by atoms with Crippen LogP contribution in [0.25, 0.3) is 11.3 Å². The highest BCUT2D eigenvalue weighted by Crippen LogP contribution is 2.30. The predicted molar refractivity (Wildman–Crippen MR) is 80.1 cm³/mol. The van der Waals surface area contributed by atoms with Crippen molar-refractivity contribution in [2.75, 3.05) is 0 Å². The van der Waals surface area contributed by atoms with E-state index in [1.54, 1.807) is 0 Å². The number of aryl methyl sites for hydroxylation is 1. The van der Waals surface area contributed by atoms with E-state index in [0.29, 0.717) is 6.54 Å². The molecule has 0 aliphatic heterocycles. The van der Waals surface area contributed by atoms with Crippen molar-refractivity contribution in [3.63, 3.8) is 0 Å². The second-order valence-electron chi connectivity index (χ2n) is 6.16. The lowest BCUT2D eigenvalue weighted by Gasteiger charge is -2.20. The van der Waals surface area contributed by atoms with Crippen LogP contribution in [-0.2, 0) is 12.0 Å². The van der Waals surface area contributed by atoms with Crippen molar-refractivity contribution in [1.29, 1.82) is 0 Å². The molecule has 102 valence electrons. The van der Waals surface area contributed by atoms with Crippen LogP contribution in [0, 0.1) is 13.8 Å². The molecule has 1 aromatic heterocycles. The Morgan fingerprint density at radius 1 is 1.21 bits per heavy atom. The first-order valence-electron chi connectivity index (χ1n) is 6.70. The highest BCUT2D eigenvalue weighted by atomic mass is 15.1. The van der Waals surface area contributed by atoms with Crippen LogP contribution < -0.4 is 5.73 Å². The van der Waals surface area contributed by atoms with Crippen LogP contribution in [0.5, 0.6) is 0 Å². The van der Waals surface area contributed by atoms with Gasteiger partial charge in [-0.1, -0.05) is 39.0 Å². The predicted octanol–water partition coefficient (Wildman–Crippen LogP) is 3.45. The van der Waals surface area contributed by atoms with Crippen LogP contribution in [0.1, 0.15) is 43.2 Å². The SMILES string of the molecule is Cc1cc(C(C)(C)C)ccc1-c1n[nH]c(CN)c1C.